The fourth-order valence-corrected chi connectivity index (χ4v) is 1.55. The van der Waals surface area contributed by atoms with Crippen molar-refractivity contribution in [1.29, 1.82) is 0 Å². The Balaban J connectivity index is 1.93. The van der Waals surface area contributed by atoms with Crippen LogP contribution in [0.5, 0.6) is 0 Å². The van der Waals surface area contributed by atoms with Crippen molar-refractivity contribution >= 4 is 11.6 Å². The van der Waals surface area contributed by atoms with E-state index < -0.39 is 0 Å². The van der Waals surface area contributed by atoms with Gasteiger partial charge < -0.3 is 16.4 Å². The Morgan fingerprint density at radius 1 is 1.05 bits per heavy atom. The van der Waals surface area contributed by atoms with Gasteiger partial charge in [0, 0.05) is 25.7 Å². The molecular formula is C13H16FN5. The summed E-state index contributed by atoms with van der Waals surface area (Å²) in [6, 6.07) is 8.14. The molecule has 0 aliphatic heterocycles. The van der Waals surface area contributed by atoms with E-state index >= 15 is 0 Å². The molecule has 0 atom stereocenters. The van der Waals surface area contributed by atoms with Gasteiger partial charge in [0.1, 0.15) is 23.8 Å². The first-order chi connectivity index (χ1) is 9.28. The largest absolute Gasteiger partial charge is 0.369 e. The Hall–Kier alpha value is -2.21. The second-order valence-corrected chi connectivity index (χ2v) is 3.98. The first kappa shape index (κ1) is 13.2. The van der Waals surface area contributed by atoms with Crippen molar-refractivity contribution in [3.63, 3.8) is 0 Å². The normalized spacial score (nSPS) is 10.2. The van der Waals surface area contributed by atoms with Crippen molar-refractivity contribution in [2.45, 2.75) is 6.54 Å². The molecule has 1 aromatic carbocycles. The number of benzene rings is 1. The summed E-state index contributed by atoms with van der Waals surface area (Å²) in [6.45, 7) is 1.78. The second-order valence-electron chi connectivity index (χ2n) is 3.98. The van der Waals surface area contributed by atoms with E-state index in [4.69, 9.17) is 5.73 Å². The molecule has 0 saturated heterocycles. The summed E-state index contributed by atoms with van der Waals surface area (Å²) < 4.78 is 12.8. The van der Waals surface area contributed by atoms with E-state index in [2.05, 4.69) is 20.6 Å². The first-order valence-corrected chi connectivity index (χ1v) is 6.02. The van der Waals surface area contributed by atoms with E-state index in [1.807, 2.05) is 0 Å². The van der Waals surface area contributed by atoms with Gasteiger partial charge in [-0.3, -0.25) is 0 Å². The summed E-state index contributed by atoms with van der Waals surface area (Å²) in [7, 11) is 0. The molecule has 2 aromatic rings. The van der Waals surface area contributed by atoms with Crippen molar-refractivity contribution in [3.8, 4) is 0 Å². The fourth-order valence-electron chi connectivity index (χ4n) is 1.55. The zero-order valence-corrected chi connectivity index (χ0v) is 10.4. The maximum absolute atomic E-state index is 12.8. The van der Waals surface area contributed by atoms with Crippen molar-refractivity contribution in [2.75, 3.05) is 23.7 Å². The van der Waals surface area contributed by atoms with E-state index in [9.17, 15) is 4.39 Å². The van der Waals surface area contributed by atoms with Crippen molar-refractivity contribution in [1.82, 2.24) is 9.97 Å². The molecule has 0 fully saturated rings. The molecule has 5 nitrogen and oxygen atoms in total. The maximum atomic E-state index is 12.8. The lowest BCUT2D eigenvalue weighted by Crippen LogP contribution is -2.14. The molecule has 0 aliphatic carbocycles. The highest BCUT2D eigenvalue weighted by Crippen LogP contribution is 2.10. The van der Waals surface area contributed by atoms with Gasteiger partial charge in [-0.05, 0) is 17.7 Å². The van der Waals surface area contributed by atoms with Crippen LogP contribution in [-0.2, 0) is 6.54 Å². The van der Waals surface area contributed by atoms with Crippen LogP contribution in [0.15, 0.2) is 36.7 Å². The van der Waals surface area contributed by atoms with E-state index in [0.717, 1.165) is 11.4 Å². The second kappa shape index (κ2) is 6.65. The standard InChI is InChI=1S/C13H16FN5/c14-11-3-1-10(2-4-11)8-17-13-7-12(16-6-5-15)18-9-19-13/h1-4,7,9H,5-6,8,15H2,(H2,16,17,18,19). The molecular weight excluding hydrogens is 245 g/mol. The molecule has 19 heavy (non-hydrogen) atoms. The zero-order chi connectivity index (χ0) is 13.5. The SMILES string of the molecule is NCCNc1cc(NCc2ccc(F)cc2)ncn1. The van der Waals surface area contributed by atoms with Gasteiger partial charge in [0.2, 0.25) is 0 Å². The van der Waals surface area contributed by atoms with Crippen molar-refractivity contribution in [3.05, 3.63) is 48.0 Å². The molecule has 0 amide bonds. The van der Waals surface area contributed by atoms with Crippen LogP contribution in [0.3, 0.4) is 0 Å². The van der Waals surface area contributed by atoms with Crippen LogP contribution >= 0.6 is 0 Å². The average molecular weight is 261 g/mol. The molecule has 100 valence electrons. The third-order valence-corrected chi connectivity index (χ3v) is 2.50. The number of nitrogens with one attached hydrogen (secondary N) is 2. The van der Waals surface area contributed by atoms with Gasteiger partial charge >= 0.3 is 0 Å². The van der Waals surface area contributed by atoms with E-state index in [0.29, 0.717) is 25.5 Å². The molecule has 0 aliphatic rings. The highest BCUT2D eigenvalue weighted by atomic mass is 19.1. The highest BCUT2D eigenvalue weighted by Gasteiger charge is 1.99. The summed E-state index contributed by atoms with van der Waals surface area (Å²) in [6.07, 6.45) is 1.48. The molecule has 0 bridgehead atoms. The minimum Gasteiger partial charge on any atom is -0.369 e. The number of anilines is 2. The van der Waals surface area contributed by atoms with E-state index in [1.165, 1.54) is 18.5 Å². The Bertz CT molecular complexity index is 515. The smallest absolute Gasteiger partial charge is 0.131 e. The average Bonchev–Trinajstić information content (AvgIpc) is 2.45. The quantitative estimate of drug-likeness (QED) is 0.736. The van der Waals surface area contributed by atoms with Crippen LogP contribution in [0, 0.1) is 5.82 Å². The van der Waals surface area contributed by atoms with Gasteiger partial charge in [-0.2, -0.15) is 0 Å². The topological polar surface area (TPSA) is 75.9 Å². The van der Waals surface area contributed by atoms with Gasteiger partial charge in [0.05, 0.1) is 0 Å². The minimum absolute atomic E-state index is 0.237. The van der Waals surface area contributed by atoms with Crippen LogP contribution < -0.4 is 16.4 Å². The van der Waals surface area contributed by atoms with E-state index in [1.54, 1.807) is 18.2 Å². The molecule has 4 N–H and O–H groups in total. The molecule has 2 rings (SSSR count). The number of rotatable bonds is 6. The van der Waals surface area contributed by atoms with Crippen LogP contribution in [0.2, 0.25) is 0 Å². The third kappa shape index (κ3) is 4.18. The maximum Gasteiger partial charge on any atom is 0.131 e. The molecule has 1 heterocycles. The molecule has 1 aromatic heterocycles. The highest BCUT2D eigenvalue weighted by molar-refractivity contribution is 5.46. The van der Waals surface area contributed by atoms with Crippen LogP contribution in [-0.4, -0.2) is 23.1 Å². The Labute approximate surface area is 111 Å². The molecule has 0 spiro atoms. The number of hydrogen-bond donors (Lipinski definition) is 3. The number of nitrogens with two attached hydrogens (primary N) is 1. The lowest BCUT2D eigenvalue weighted by molar-refractivity contribution is 0.627. The van der Waals surface area contributed by atoms with Gasteiger partial charge in [0.15, 0.2) is 0 Å². The van der Waals surface area contributed by atoms with Gasteiger partial charge in [0.25, 0.3) is 0 Å². The number of nitrogens with zero attached hydrogens (tertiary/aromatic N) is 2. The van der Waals surface area contributed by atoms with Crippen LogP contribution in [0.4, 0.5) is 16.0 Å². The third-order valence-electron chi connectivity index (χ3n) is 2.50. The van der Waals surface area contributed by atoms with Gasteiger partial charge in [-0.25, -0.2) is 14.4 Å². The number of aromatic nitrogens is 2. The summed E-state index contributed by atoms with van der Waals surface area (Å²) in [5.74, 6) is 1.19. The van der Waals surface area contributed by atoms with Gasteiger partial charge in [-0.15, -0.1) is 0 Å². The lowest BCUT2D eigenvalue weighted by Gasteiger charge is -2.08. The number of halogens is 1. The number of hydrogen-bond acceptors (Lipinski definition) is 5. The first-order valence-electron chi connectivity index (χ1n) is 6.02. The lowest BCUT2D eigenvalue weighted by atomic mass is 10.2. The monoisotopic (exact) mass is 261 g/mol. The zero-order valence-electron chi connectivity index (χ0n) is 10.4. The fraction of sp³-hybridized carbons (Fsp3) is 0.231. The molecule has 0 radical (unpaired) electrons. The minimum atomic E-state index is -0.237. The van der Waals surface area contributed by atoms with Crippen molar-refractivity contribution in [2.24, 2.45) is 5.73 Å². The van der Waals surface area contributed by atoms with Crippen LogP contribution in [0.1, 0.15) is 5.56 Å². The van der Waals surface area contributed by atoms with Crippen LogP contribution in [0.25, 0.3) is 0 Å². The Kier molecular flexibility index (Phi) is 4.63. The summed E-state index contributed by atoms with van der Waals surface area (Å²) in [5, 5.41) is 6.23. The summed E-state index contributed by atoms with van der Waals surface area (Å²) in [4.78, 5) is 8.19. The Morgan fingerprint density at radius 3 is 2.42 bits per heavy atom. The molecule has 0 unspecified atom stereocenters. The summed E-state index contributed by atoms with van der Waals surface area (Å²) in [5.41, 5.74) is 6.39. The van der Waals surface area contributed by atoms with E-state index in [-0.39, 0.29) is 5.82 Å². The molecule has 0 saturated carbocycles. The molecule has 6 heteroatoms. The van der Waals surface area contributed by atoms with Gasteiger partial charge in [-0.1, -0.05) is 12.1 Å². The summed E-state index contributed by atoms with van der Waals surface area (Å²) >= 11 is 0. The van der Waals surface area contributed by atoms with Crippen molar-refractivity contribution < 1.29 is 4.39 Å². The predicted octanol–water partition coefficient (Wildman–Crippen LogP) is 1.60. The predicted molar refractivity (Wildman–Crippen MR) is 73.3 cm³/mol. The Morgan fingerprint density at radius 2 is 1.74 bits per heavy atom.